The maximum absolute atomic E-state index is 11.5. The van der Waals surface area contributed by atoms with Gasteiger partial charge in [-0.25, -0.2) is 4.79 Å². The number of carbonyl (C=O) groups is 2. The van der Waals surface area contributed by atoms with E-state index < -0.39 is 5.97 Å². The average Bonchev–Trinajstić information content (AvgIpc) is 2.81. The van der Waals surface area contributed by atoms with Crippen LogP contribution in [0.5, 0.6) is 0 Å². The third-order valence-electron chi connectivity index (χ3n) is 2.40. The summed E-state index contributed by atoms with van der Waals surface area (Å²) in [4.78, 5) is 22.1. The van der Waals surface area contributed by atoms with Crippen LogP contribution in [0.25, 0.3) is 0 Å². The first-order valence-electron chi connectivity index (χ1n) is 6.15. The Balaban J connectivity index is 2.20. The number of hydrogen-bond acceptors (Lipinski definition) is 4. The summed E-state index contributed by atoms with van der Waals surface area (Å²) in [6.45, 7) is 4.52. The SMILES string of the molecule is CC(C)CCSCC(=O)NCc1ccc(C(=O)O)o1. The highest BCUT2D eigenvalue weighted by Crippen LogP contribution is 2.09. The van der Waals surface area contributed by atoms with Gasteiger partial charge in [-0.3, -0.25) is 4.79 Å². The number of hydrogen-bond donors (Lipinski definition) is 2. The normalized spacial score (nSPS) is 10.7. The number of carboxylic acids is 1. The molecule has 5 nitrogen and oxygen atoms in total. The van der Waals surface area contributed by atoms with E-state index in [9.17, 15) is 9.59 Å². The number of carbonyl (C=O) groups excluding carboxylic acids is 1. The van der Waals surface area contributed by atoms with Crippen LogP contribution in [0.2, 0.25) is 0 Å². The molecule has 0 radical (unpaired) electrons. The molecule has 1 amide bonds. The fraction of sp³-hybridized carbons (Fsp3) is 0.538. The van der Waals surface area contributed by atoms with Gasteiger partial charge in [0.15, 0.2) is 0 Å². The Morgan fingerprint density at radius 2 is 2.16 bits per heavy atom. The number of amides is 1. The molecule has 0 aliphatic carbocycles. The zero-order chi connectivity index (χ0) is 14.3. The third kappa shape index (κ3) is 6.33. The first-order chi connectivity index (χ1) is 8.99. The van der Waals surface area contributed by atoms with Gasteiger partial charge in [0.2, 0.25) is 11.7 Å². The lowest BCUT2D eigenvalue weighted by Gasteiger charge is -2.05. The minimum atomic E-state index is -1.11. The van der Waals surface area contributed by atoms with Crippen molar-refractivity contribution in [3.8, 4) is 0 Å². The molecule has 0 fully saturated rings. The van der Waals surface area contributed by atoms with E-state index in [-0.39, 0.29) is 18.2 Å². The molecule has 0 spiro atoms. The van der Waals surface area contributed by atoms with E-state index >= 15 is 0 Å². The Morgan fingerprint density at radius 1 is 1.42 bits per heavy atom. The fourth-order valence-corrected chi connectivity index (χ4v) is 2.38. The molecule has 0 aliphatic heterocycles. The zero-order valence-corrected chi connectivity index (χ0v) is 12.0. The van der Waals surface area contributed by atoms with Crippen molar-refractivity contribution >= 4 is 23.6 Å². The van der Waals surface area contributed by atoms with Gasteiger partial charge in [-0.15, -0.1) is 0 Å². The predicted octanol–water partition coefficient (Wildman–Crippen LogP) is 2.37. The van der Waals surface area contributed by atoms with Crippen molar-refractivity contribution in [1.29, 1.82) is 0 Å². The molecule has 0 aliphatic rings. The van der Waals surface area contributed by atoms with Crippen molar-refractivity contribution in [3.63, 3.8) is 0 Å². The summed E-state index contributed by atoms with van der Waals surface area (Å²) < 4.78 is 5.03. The zero-order valence-electron chi connectivity index (χ0n) is 11.1. The van der Waals surface area contributed by atoms with Crippen LogP contribution in [-0.2, 0) is 11.3 Å². The quantitative estimate of drug-likeness (QED) is 0.717. The number of furan rings is 1. The van der Waals surface area contributed by atoms with Crippen LogP contribution in [0.15, 0.2) is 16.5 Å². The average molecular weight is 285 g/mol. The lowest BCUT2D eigenvalue weighted by molar-refractivity contribution is -0.118. The van der Waals surface area contributed by atoms with Gasteiger partial charge in [0.05, 0.1) is 12.3 Å². The number of rotatable bonds is 8. The van der Waals surface area contributed by atoms with E-state index in [1.807, 2.05) is 0 Å². The molecule has 1 rings (SSSR count). The molecule has 19 heavy (non-hydrogen) atoms. The molecule has 1 aromatic rings. The smallest absolute Gasteiger partial charge is 0.371 e. The molecule has 0 atom stereocenters. The molecule has 1 heterocycles. The fourth-order valence-electron chi connectivity index (χ4n) is 1.31. The first-order valence-corrected chi connectivity index (χ1v) is 7.31. The minimum Gasteiger partial charge on any atom is -0.475 e. The highest BCUT2D eigenvalue weighted by molar-refractivity contribution is 7.99. The van der Waals surface area contributed by atoms with Crippen LogP contribution < -0.4 is 5.32 Å². The van der Waals surface area contributed by atoms with Crippen molar-refractivity contribution in [2.24, 2.45) is 5.92 Å². The second-order valence-corrected chi connectivity index (χ2v) is 5.69. The van der Waals surface area contributed by atoms with Crippen LogP contribution in [0.3, 0.4) is 0 Å². The van der Waals surface area contributed by atoms with Gasteiger partial charge in [-0.1, -0.05) is 13.8 Å². The number of nitrogens with one attached hydrogen (secondary N) is 1. The van der Waals surface area contributed by atoms with Gasteiger partial charge in [0, 0.05) is 0 Å². The first kappa shape index (κ1) is 15.6. The summed E-state index contributed by atoms with van der Waals surface area (Å²) in [5.74, 6) is 1.18. The molecule has 2 N–H and O–H groups in total. The lowest BCUT2D eigenvalue weighted by atomic mass is 10.2. The maximum atomic E-state index is 11.5. The van der Waals surface area contributed by atoms with Crippen LogP contribution in [0.4, 0.5) is 0 Å². The number of aromatic carboxylic acids is 1. The van der Waals surface area contributed by atoms with Crippen LogP contribution in [0, 0.1) is 5.92 Å². The standard InChI is InChI=1S/C13H19NO4S/c1-9(2)5-6-19-8-12(15)14-7-10-3-4-11(18-10)13(16)17/h3-4,9H,5-8H2,1-2H3,(H,14,15)(H,16,17). The molecule has 0 saturated heterocycles. The highest BCUT2D eigenvalue weighted by atomic mass is 32.2. The second-order valence-electron chi connectivity index (χ2n) is 4.58. The largest absolute Gasteiger partial charge is 0.475 e. The molecular weight excluding hydrogens is 266 g/mol. The second kappa shape index (κ2) is 7.89. The molecule has 0 saturated carbocycles. The monoisotopic (exact) mass is 285 g/mol. The molecule has 0 unspecified atom stereocenters. The van der Waals surface area contributed by atoms with Crippen LogP contribution in [0.1, 0.15) is 36.6 Å². The van der Waals surface area contributed by atoms with E-state index in [1.54, 1.807) is 17.8 Å². The van der Waals surface area contributed by atoms with Gasteiger partial charge in [-0.05, 0) is 30.2 Å². The predicted molar refractivity (Wildman–Crippen MR) is 74.3 cm³/mol. The number of thioether (sulfide) groups is 1. The molecular formula is C13H19NO4S. The highest BCUT2D eigenvalue weighted by Gasteiger charge is 2.09. The van der Waals surface area contributed by atoms with E-state index in [0.717, 1.165) is 12.2 Å². The Labute approximate surface area is 116 Å². The van der Waals surface area contributed by atoms with Crippen LogP contribution >= 0.6 is 11.8 Å². The summed E-state index contributed by atoms with van der Waals surface area (Å²) in [6, 6.07) is 2.93. The van der Waals surface area contributed by atoms with Gasteiger partial charge in [0.25, 0.3) is 0 Å². The van der Waals surface area contributed by atoms with Crippen molar-refractivity contribution in [2.75, 3.05) is 11.5 Å². The van der Waals surface area contributed by atoms with Gasteiger partial charge < -0.3 is 14.8 Å². The lowest BCUT2D eigenvalue weighted by Crippen LogP contribution is -2.24. The van der Waals surface area contributed by atoms with Crippen molar-refractivity contribution < 1.29 is 19.1 Å². The Kier molecular flexibility index (Phi) is 6.49. The Bertz CT molecular complexity index is 428. The topological polar surface area (TPSA) is 79.5 Å². The molecule has 6 heteroatoms. The van der Waals surface area contributed by atoms with Gasteiger partial charge >= 0.3 is 5.97 Å². The van der Waals surface area contributed by atoms with E-state index in [2.05, 4.69) is 19.2 Å². The Hall–Kier alpha value is -1.43. The summed E-state index contributed by atoms with van der Waals surface area (Å²) in [7, 11) is 0. The summed E-state index contributed by atoms with van der Waals surface area (Å²) in [5, 5.41) is 11.4. The summed E-state index contributed by atoms with van der Waals surface area (Å²) >= 11 is 1.60. The van der Waals surface area contributed by atoms with Crippen molar-refractivity contribution in [2.45, 2.75) is 26.8 Å². The maximum Gasteiger partial charge on any atom is 0.371 e. The minimum absolute atomic E-state index is 0.0676. The Morgan fingerprint density at radius 3 is 2.74 bits per heavy atom. The number of carboxylic acid groups (broad SMARTS) is 1. The molecule has 1 aromatic heterocycles. The van der Waals surface area contributed by atoms with Gasteiger partial charge in [-0.2, -0.15) is 11.8 Å². The molecule has 0 bridgehead atoms. The third-order valence-corrected chi connectivity index (χ3v) is 3.40. The van der Waals surface area contributed by atoms with E-state index in [4.69, 9.17) is 9.52 Å². The van der Waals surface area contributed by atoms with E-state index in [1.165, 1.54) is 6.07 Å². The van der Waals surface area contributed by atoms with E-state index in [0.29, 0.717) is 17.4 Å². The molecule has 0 aromatic carbocycles. The van der Waals surface area contributed by atoms with Gasteiger partial charge in [0.1, 0.15) is 5.76 Å². The summed E-state index contributed by atoms with van der Waals surface area (Å²) in [5.41, 5.74) is 0. The van der Waals surface area contributed by atoms with Crippen molar-refractivity contribution in [3.05, 3.63) is 23.7 Å². The van der Waals surface area contributed by atoms with Crippen LogP contribution in [-0.4, -0.2) is 28.5 Å². The summed E-state index contributed by atoms with van der Waals surface area (Å²) in [6.07, 6.45) is 1.10. The van der Waals surface area contributed by atoms with Crippen molar-refractivity contribution in [1.82, 2.24) is 5.32 Å². The molecule has 106 valence electrons.